The van der Waals surface area contributed by atoms with Crippen LogP contribution in [0.2, 0.25) is 0 Å². The molecule has 2 nitrogen and oxygen atoms in total. The summed E-state index contributed by atoms with van der Waals surface area (Å²) in [6.07, 6.45) is -4.16. The molecule has 0 radical (unpaired) electrons. The van der Waals surface area contributed by atoms with Gasteiger partial charge in [0.15, 0.2) is 0 Å². The molecule has 4 heteroatoms. The van der Waals surface area contributed by atoms with Gasteiger partial charge in [0.25, 0.3) is 0 Å². The molecule has 1 N–H and O–H groups in total. The number of alkyl halides is 2. The molecule has 0 aromatic carbocycles. The van der Waals surface area contributed by atoms with Crippen molar-refractivity contribution in [2.45, 2.75) is 32.5 Å². The van der Waals surface area contributed by atoms with Gasteiger partial charge >= 0.3 is 6.11 Å². The molecule has 0 saturated carbocycles. The Morgan fingerprint density at radius 3 is 2.50 bits per heavy atom. The van der Waals surface area contributed by atoms with Gasteiger partial charge in [-0.3, -0.25) is 0 Å². The van der Waals surface area contributed by atoms with Crippen molar-refractivity contribution in [1.82, 2.24) is 0 Å². The Morgan fingerprint density at radius 2 is 2.08 bits per heavy atom. The van der Waals surface area contributed by atoms with E-state index in [1.165, 1.54) is 0 Å². The third kappa shape index (κ3) is 2.14. The van der Waals surface area contributed by atoms with Crippen LogP contribution >= 0.6 is 0 Å². The van der Waals surface area contributed by atoms with Crippen LogP contribution in [0.3, 0.4) is 0 Å². The molecule has 1 heterocycles. The summed E-state index contributed by atoms with van der Waals surface area (Å²) in [5.41, 5.74) is 0. The van der Waals surface area contributed by atoms with Gasteiger partial charge in [0.2, 0.25) is 0 Å². The Balaban J connectivity index is 2.59. The standard InChI is InChI=1S/C8H14F2O2/c1-5(2)6-3-8(9,10)12-4-7(6)11/h5-7,11H,3-4H2,1-2H3. The van der Waals surface area contributed by atoms with E-state index in [0.29, 0.717) is 0 Å². The minimum absolute atomic E-state index is 0.0646. The monoisotopic (exact) mass is 180 g/mol. The van der Waals surface area contributed by atoms with E-state index >= 15 is 0 Å². The summed E-state index contributed by atoms with van der Waals surface area (Å²) in [4.78, 5) is 0. The molecule has 1 rings (SSSR count). The van der Waals surface area contributed by atoms with Gasteiger partial charge in [-0.25, -0.2) is 0 Å². The Labute approximate surface area is 70.5 Å². The Kier molecular flexibility index (Phi) is 2.68. The van der Waals surface area contributed by atoms with E-state index in [2.05, 4.69) is 4.74 Å². The number of hydrogen-bond donors (Lipinski definition) is 1. The molecule has 0 aromatic heterocycles. The number of aliphatic hydroxyl groups is 1. The van der Waals surface area contributed by atoms with Crippen LogP contribution in [0.4, 0.5) is 8.78 Å². The Morgan fingerprint density at radius 1 is 1.50 bits per heavy atom. The average Bonchev–Trinajstić information content (AvgIpc) is 1.94. The first kappa shape index (κ1) is 9.86. The van der Waals surface area contributed by atoms with Crippen molar-refractivity contribution in [2.24, 2.45) is 11.8 Å². The second-order valence-corrected chi connectivity index (χ2v) is 3.63. The number of halogens is 2. The molecule has 0 aromatic rings. The zero-order chi connectivity index (χ0) is 9.35. The molecule has 0 spiro atoms. The second-order valence-electron chi connectivity index (χ2n) is 3.63. The van der Waals surface area contributed by atoms with Gasteiger partial charge in [-0.15, -0.1) is 0 Å². The fourth-order valence-electron chi connectivity index (χ4n) is 1.48. The van der Waals surface area contributed by atoms with E-state index < -0.39 is 12.2 Å². The van der Waals surface area contributed by atoms with Crippen LogP contribution < -0.4 is 0 Å². The van der Waals surface area contributed by atoms with E-state index in [9.17, 15) is 13.9 Å². The maximum Gasteiger partial charge on any atom is 0.356 e. The van der Waals surface area contributed by atoms with E-state index in [0.717, 1.165) is 0 Å². The topological polar surface area (TPSA) is 29.5 Å². The summed E-state index contributed by atoms with van der Waals surface area (Å²) in [5.74, 6) is -0.288. The van der Waals surface area contributed by atoms with Gasteiger partial charge in [0, 0.05) is 6.42 Å². The molecule has 2 unspecified atom stereocenters. The molecule has 72 valence electrons. The maximum atomic E-state index is 12.7. The molecule has 1 aliphatic rings. The first-order valence-electron chi connectivity index (χ1n) is 4.12. The van der Waals surface area contributed by atoms with Crippen molar-refractivity contribution in [3.05, 3.63) is 0 Å². The summed E-state index contributed by atoms with van der Waals surface area (Å²) >= 11 is 0. The van der Waals surface area contributed by atoms with E-state index in [4.69, 9.17) is 0 Å². The molecular weight excluding hydrogens is 166 g/mol. The minimum Gasteiger partial charge on any atom is -0.390 e. The van der Waals surface area contributed by atoms with Gasteiger partial charge < -0.3 is 9.84 Å². The van der Waals surface area contributed by atoms with Gasteiger partial charge in [-0.1, -0.05) is 13.8 Å². The molecule has 2 atom stereocenters. The van der Waals surface area contributed by atoms with Crippen LogP contribution in [-0.4, -0.2) is 23.9 Å². The fraction of sp³-hybridized carbons (Fsp3) is 1.00. The normalized spacial score (nSPS) is 35.5. The zero-order valence-electron chi connectivity index (χ0n) is 7.26. The van der Waals surface area contributed by atoms with Gasteiger partial charge in [0.1, 0.15) is 0 Å². The largest absolute Gasteiger partial charge is 0.390 e. The molecule has 1 aliphatic heterocycles. The Bertz CT molecular complexity index is 159. The lowest BCUT2D eigenvalue weighted by atomic mass is 9.86. The summed E-state index contributed by atoms with van der Waals surface area (Å²) in [6, 6.07) is 0. The third-order valence-electron chi connectivity index (χ3n) is 2.29. The predicted octanol–water partition coefficient (Wildman–Crippen LogP) is 1.63. The molecule has 0 aliphatic carbocycles. The van der Waals surface area contributed by atoms with Crippen LogP contribution in [0.1, 0.15) is 20.3 Å². The SMILES string of the molecule is CC(C)C1CC(F)(F)OCC1O. The van der Waals surface area contributed by atoms with E-state index in [-0.39, 0.29) is 24.9 Å². The molecule has 1 fully saturated rings. The van der Waals surface area contributed by atoms with Gasteiger partial charge in [-0.05, 0) is 11.8 Å². The summed E-state index contributed by atoms with van der Waals surface area (Å²) in [6.45, 7) is 3.40. The van der Waals surface area contributed by atoms with Crippen LogP contribution in [-0.2, 0) is 4.74 Å². The highest BCUT2D eigenvalue weighted by Crippen LogP contribution is 2.35. The Hall–Kier alpha value is -0.220. The van der Waals surface area contributed by atoms with Crippen molar-refractivity contribution in [2.75, 3.05) is 6.61 Å². The van der Waals surface area contributed by atoms with Crippen molar-refractivity contribution in [3.8, 4) is 0 Å². The number of aliphatic hydroxyl groups excluding tert-OH is 1. The molecular formula is C8H14F2O2. The fourth-order valence-corrected chi connectivity index (χ4v) is 1.48. The van der Waals surface area contributed by atoms with Crippen LogP contribution in [0.15, 0.2) is 0 Å². The van der Waals surface area contributed by atoms with E-state index in [1.807, 2.05) is 13.8 Å². The average molecular weight is 180 g/mol. The summed E-state index contributed by atoms with van der Waals surface area (Å²) < 4.78 is 29.5. The summed E-state index contributed by atoms with van der Waals surface area (Å²) in [7, 11) is 0. The quantitative estimate of drug-likeness (QED) is 0.664. The van der Waals surface area contributed by atoms with Crippen molar-refractivity contribution >= 4 is 0 Å². The smallest absolute Gasteiger partial charge is 0.356 e. The lowest BCUT2D eigenvalue weighted by Crippen LogP contribution is -2.43. The van der Waals surface area contributed by atoms with Crippen LogP contribution in [0.25, 0.3) is 0 Å². The molecule has 0 amide bonds. The third-order valence-corrected chi connectivity index (χ3v) is 2.29. The predicted molar refractivity (Wildman–Crippen MR) is 39.9 cm³/mol. The maximum absolute atomic E-state index is 12.7. The summed E-state index contributed by atoms with van der Waals surface area (Å²) in [5, 5.41) is 9.31. The number of ether oxygens (including phenoxy) is 1. The van der Waals surface area contributed by atoms with Crippen molar-refractivity contribution in [3.63, 3.8) is 0 Å². The number of hydrogen-bond acceptors (Lipinski definition) is 2. The lowest BCUT2D eigenvalue weighted by Gasteiger charge is -2.35. The highest BCUT2D eigenvalue weighted by atomic mass is 19.3. The van der Waals surface area contributed by atoms with Crippen LogP contribution in [0.5, 0.6) is 0 Å². The van der Waals surface area contributed by atoms with Gasteiger partial charge in [0.05, 0.1) is 12.7 Å². The number of rotatable bonds is 1. The lowest BCUT2D eigenvalue weighted by molar-refractivity contribution is -0.292. The van der Waals surface area contributed by atoms with Crippen molar-refractivity contribution < 1.29 is 18.6 Å². The molecule has 12 heavy (non-hydrogen) atoms. The first-order valence-corrected chi connectivity index (χ1v) is 4.12. The molecule has 1 saturated heterocycles. The van der Waals surface area contributed by atoms with E-state index in [1.54, 1.807) is 0 Å². The molecule has 0 bridgehead atoms. The minimum atomic E-state index is -3.05. The highest BCUT2D eigenvalue weighted by molar-refractivity contribution is 4.79. The van der Waals surface area contributed by atoms with Crippen LogP contribution in [0, 0.1) is 11.8 Å². The zero-order valence-corrected chi connectivity index (χ0v) is 7.26. The first-order chi connectivity index (χ1) is 5.42. The van der Waals surface area contributed by atoms with Gasteiger partial charge in [-0.2, -0.15) is 8.78 Å². The highest BCUT2D eigenvalue weighted by Gasteiger charge is 2.43. The van der Waals surface area contributed by atoms with Crippen molar-refractivity contribution in [1.29, 1.82) is 0 Å². The second kappa shape index (κ2) is 3.26.